The molecule has 2 rings (SSSR count). The number of ether oxygens (including phenoxy) is 1. The number of aliphatic hydroxyl groups excluding tert-OH is 1. The van der Waals surface area contributed by atoms with Crippen molar-refractivity contribution in [2.75, 3.05) is 19.7 Å². The number of aliphatic hydroxyl groups is 1. The quantitative estimate of drug-likeness (QED) is 0.879. The Morgan fingerprint density at radius 3 is 3.00 bits per heavy atom. The van der Waals surface area contributed by atoms with Crippen LogP contribution >= 0.6 is 11.6 Å². The van der Waals surface area contributed by atoms with Gasteiger partial charge in [-0.2, -0.15) is 0 Å². The molecule has 1 heterocycles. The van der Waals surface area contributed by atoms with Crippen molar-refractivity contribution >= 4 is 11.6 Å². The van der Waals surface area contributed by atoms with Gasteiger partial charge in [-0.1, -0.05) is 30.7 Å². The summed E-state index contributed by atoms with van der Waals surface area (Å²) in [5.74, 6) is 0. The van der Waals surface area contributed by atoms with Crippen LogP contribution in [0.2, 0.25) is 5.02 Å². The average molecular weight is 242 g/mol. The summed E-state index contributed by atoms with van der Waals surface area (Å²) in [7, 11) is 0. The minimum Gasteiger partial charge on any atom is -0.394 e. The first-order valence-electron chi connectivity index (χ1n) is 5.50. The maximum atomic E-state index is 9.12. The van der Waals surface area contributed by atoms with Crippen molar-refractivity contribution in [1.29, 1.82) is 0 Å². The van der Waals surface area contributed by atoms with Crippen molar-refractivity contribution in [2.45, 2.75) is 19.3 Å². The highest BCUT2D eigenvalue weighted by Gasteiger charge is 2.32. The van der Waals surface area contributed by atoms with Gasteiger partial charge in [-0.15, -0.1) is 0 Å². The van der Waals surface area contributed by atoms with Crippen molar-refractivity contribution in [2.24, 2.45) is 0 Å². The zero-order valence-electron chi connectivity index (χ0n) is 9.27. The molecule has 4 heteroatoms. The van der Waals surface area contributed by atoms with E-state index in [0.29, 0.717) is 5.02 Å². The second kappa shape index (κ2) is 5.15. The van der Waals surface area contributed by atoms with Gasteiger partial charge in [0.25, 0.3) is 0 Å². The number of likely N-dealkylation sites (N-methyl/N-ethyl adjacent to an activating group) is 1. The summed E-state index contributed by atoms with van der Waals surface area (Å²) in [6.45, 7) is 3.81. The summed E-state index contributed by atoms with van der Waals surface area (Å²) < 4.78 is 5.77. The third kappa shape index (κ3) is 2.38. The van der Waals surface area contributed by atoms with Gasteiger partial charge in [0.15, 0.2) is 0 Å². The summed E-state index contributed by atoms with van der Waals surface area (Å²) in [5, 5.41) is 9.83. The number of benzene rings is 1. The maximum absolute atomic E-state index is 9.12. The Hall–Kier alpha value is -0.610. The molecule has 1 N–H and O–H groups in total. The van der Waals surface area contributed by atoms with E-state index in [-0.39, 0.29) is 18.9 Å². The van der Waals surface area contributed by atoms with Crippen LogP contribution in [0.25, 0.3) is 0 Å². The number of nitrogens with zero attached hydrogens (tertiary/aromatic N) is 1. The van der Waals surface area contributed by atoms with Crippen molar-refractivity contribution in [1.82, 2.24) is 4.90 Å². The molecule has 1 fully saturated rings. The van der Waals surface area contributed by atoms with Gasteiger partial charge >= 0.3 is 0 Å². The first-order valence-corrected chi connectivity index (χ1v) is 5.88. The molecule has 16 heavy (non-hydrogen) atoms. The fourth-order valence-corrected chi connectivity index (χ4v) is 2.21. The summed E-state index contributed by atoms with van der Waals surface area (Å²) in [5.41, 5.74) is 1.05. The topological polar surface area (TPSA) is 32.7 Å². The highest BCUT2D eigenvalue weighted by molar-refractivity contribution is 6.30. The second-order valence-corrected chi connectivity index (χ2v) is 4.37. The van der Waals surface area contributed by atoms with Crippen molar-refractivity contribution < 1.29 is 9.84 Å². The first kappa shape index (κ1) is 11.9. The van der Waals surface area contributed by atoms with E-state index in [1.54, 1.807) is 0 Å². The van der Waals surface area contributed by atoms with E-state index in [1.165, 1.54) is 0 Å². The number of hydrogen-bond acceptors (Lipinski definition) is 3. The molecule has 0 bridgehead atoms. The van der Waals surface area contributed by atoms with Gasteiger partial charge in [-0.05, 0) is 24.2 Å². The van der Waals surface area contributed by atoms with Crippen LogP contribution in [-0.2, 0) is 4.74 Å². The zero-order chi connectivity index (χ0) is 11.5. The molecule has 3 nitrogen and oxygen atoms in total. The number of halogens is 1. The third-order valence-corrected chi connectivity index (χ3v) is 3.07. The van der Waals surface area contributed by atoms with Crippen LogP contribution < -0.4 is 0 Å². The fourth-order valence-electron chi connectivity index (χ4n) is 2.01. The summed E-state index contributed by atoms with van der Waals surface area (Å²) in [6, 6.07) is 7.68. The van der Waals surface area contributed by atoms with E-state index in [4.69, 9.17) is 21.4 Å². The predicted molar refractivity (Wildman–Crippen MR) is 63.4 cm³/mol. The van der Waals surface area contributed by atoms with E-state index in [9.17, 15) is 0 Å². The molecule has 1 aromatic carbocycles. The smallest absolute Gasteiger partial charge is 0.137 e. The molecule has 1 aliphatic heterocycles. The van der Waals surface area contributed by atoms with Crippen LogP contribution in [0.1, 0.15) is 18.7 Å². The lowest BCUT2D eigenvalue weighted by atomic mass is 10.2. The van der Waals surface area contributed by atoms with E-state index in [2.05, 4.69) is 11.8 Å². The molecule has 1 aromatic rings. The third-order valence-electron chi connectivity index (χ3n) is 2.83. The molecular weight excluding hydrogens is 226 g/mol. The number of rotatable bonds is 3. The maximum Gasteiger partial charge on any atom is 0.137 e. The van der Waals surface area contributed by atoms with E-state index < -0.39 is 0 Å². The van der Waals surface area contributed by atoms with Crippen LogP contribution in [0.4, 0.5) is 0 Å². The molecule has 88 valence electrons. The Bertz CT molecular complexity index is 359. The summed E-state index contributed by atoms with van der Waals surface area (Å²) in [4.78, 5) is 2.19. The van der Waals surface area contributed by atoms with Crippen molar-refractivity contribution in [3.05, 3.63) is 34.9 Å². The van der Waals surface area contributed by atoms with Crippen molar-refractivity contribution in [3.63, 3.8) is 0 Å². The monoisotopic (exact) mass is 241 g/mol. The molecule has 0 aliphatic carbocycles. The van der Waals surface area contributed by atoms with E-state index >= 15 is 0 Å². The lowest BCUT2D eigenvalue weighted by Gasteiger charge is -2.21. The van der Waals surface area contributed by atoms with Gasteiger partial charge in [0.05, 0.1) is 12.7 Å². The van der Waals surface area contributed by atoms with Crippen LogP contribution in [0.3, 0.4) is 0 Å². The SMILES string of the molecule is CCN1CC(CO)OC1c1cccc(Cl)c1. The molecule has 0 aromatic heterocycles. The Balaban J connectivity index is 2.19. The van der Waals surface area contributed by atoms with Gasteiger partial charge in [-0.25, -0.2) is 0 Å². The molecular formula is C12H16ClNO2. The fraction of sp³-hybridized carbons (Fsp3) is 0.500. The Morgan fingerprint density at radius 1 is 1.56 bits per heavy atom. The molecule has 0 saturated carbocycles. The van der Waals surface area contributed by atoms with Gasteiger partial charge in [0, 0.05) is 11.6 Å². The van der Waals surface area contributed by atoms with Gasteiger partial charge in [0.2, 0.25) is 0 Å². The minimum atomic E-state index is -0.0936. The Labute approximate surface area is 101 Å². The minimum absolute atomic E-state index is 0.0631. The molecule has 0 amide bonds. The van der Waals surface area contributed by atoms with Crippen LogP contribution in [0.15, 0.2) is 24.3 Å². The summed E-state index contributed by atoms with van der Waals surface area (Å²) in [6.07, 6.45) is -0.176. The second-order valence-electron chi connectivity index (χ2n) is 3.94. The van der Waals surface area contributed by atoms with Gasteiger partial charge < -0.3 is 9.84 Å². The number of hydrogen-bond donors (Lipinski definition) is 1. The molecule has 0 spiro atoms. The Kier molecular flexibility index (Phi) is 3.82. The van der Waals surface area contributed by atoms with Crippen LogP contribution in [0.5, 0.6) is 0 Å². The molecule has 2 atom stereocenters. The molecule has 2 unspecified atom stereocenters. The van der Waals surface area contributed by atoms with Gasteiger partial charge in [0.1, 0.15) is 6.23 Å². The molecule has 1 aliphatic rings. The highest BCUT2D eigenvalue weighted by atomic mass is 35.5. The lowest BCUT2D eigenvalue weighted by molar-refractivity contribution is -0.0184. The highest BCUT2D eigenvalue weighted by Crippen LogP contribution is 2.30. The summed E-state index contributed by atoms with van der Waals surface area (Å²) >= 11 is 5.96. The van der Waals surface area contributed by atoms with Gasteiger partial charge in [-0.3, -0.25) is 4.90 Å². The zero-order valence-corrected chi connectivity index (χ0v) is 10.0. The lowest BCUT2D eigenvalue weighted by Crippen LogP contribution is -2.25. The van der Waals surface area contributed by atoms with Crippen molar-refractivity contribution in [3.8, 4) is 0 Å². The van der Waals surface area contributed by atoms with Crippen LogP contribution in [-0.4, -0.2) is 35.8 Å². The van der Waals surface area contributed by atoms with E-state index in [1.807, 2.05) is 24.3 Å². The standard InChI is InChI=1S/C12H16ClNO2/c1-2-14-7-11(8-15)16-12(14)9-4-3-5-10(13)6-9/h3-6,11-12,15H,2,7-8H2,1H3. The molecule has 0 radical (unpaired) electrons. The Morgan fingerprint density at radius 2 is 2.38 bits per heavy atom. The average Bonchev–Trinajstić information content (AvgIpc) is 2.72. The normalized spacial score (nSPS) is 26.2. The van der Waals surface area contributed by atoms with Crippen LogP contribution in [0, 0.1) is 0 Å². The molecule has 1 saturated heterocycles. The first-order chi connectivity index (χ1) is 7.74. The largest absolute Gasteiger partial charge is 0.394 e. The predicted octanol–water partition coefficient (Wildman–Crippen LogP) is 2.05. The van der Waals surface area contributed by atoms with E-state index in [0.717, 1.165) is 18.7 Å².